The molecule has 0 radical (unpaired) electrons. The molecule has 1 N–H and O–H groups in total. The number of hydrogen-bond donors (Lipinski definition) is 1. The lowest BCUT2D eigenvalue weighted by molar-refractivity contribution is -0.275. The molecule has 2 heterocycles. The van der Waals surface area contributed by atoms with Gasteiger partial charge in [-0.2, -0.15) is 0 Å². The van der Waals surface area contributed by atoms with Crippen molar-refractivity contribution in [3.05, 3.63) is 24.3 Å². The van der Waals surface area contributed by atoms with Crippen LogP contribution in [-0.4, -0.2) is 24.6 Å². The lowest BCUT2D eigenvalue weighted by atomic mass is 9.85. The van der Waals surface area contributed by atoms with E-state index in [0.717, 1.165) is 25.7 Å². The normalized spacial score (nSPS) is 29.0. The Morgan fingerprint density at radius 3 is 2.24 bits per heavy atom. The van der Waals surface area contributed by atoms with Crippen LogP contribution in [0, 0.1) is 0 Å². The predicted molar refractivity (Wildman–Crippen MR) is 71.3 cm³/mol. The summed E-state index contributed by atoms with van der Waals surface area (Å²) in [5.41, 5.74) is 0. The standard InChI is InChI=1S/C15H18F3NO2/c16-15(17,18)21-14-7-2-1-6-13(14)20-12-8-10-4-3-5-11(9-12)19-10/h1-2,6-7,10-12,19H,3-5,8-9H2. The first-order valence-corrected chi connectivity index (χ1v) is 7.27. The van der Waals surface area contributed by atoms with Crippen LogP contribution in [0.2, 0.25) is 0 Å². The summed E-state index contributed by atoms with van der Waals surface area (Å²) >= 11 is 0. The van der Waals surface area contributed by atoms with E-state index in [2.05, 4.69) is 10.1 Å². The van der Waals surface area contributed by atoms with E-state index in [9.17, 15) is 13.2 Å². The second kappa shape index (κ2) is 5.75. The Morgan fingerprint density at radius 1 is 1.00 bits per heavy atom. The molecular formula is C15H18F3NO2. The smallest absolute Gasteiger partial charge is 0.486 e. The van der Waals surface area contributed by atoms with Gasteiger partial charge in [0.2, 0.25) is 0 Å². The summed E-state index contributed by atoms with van der Waals surface area (Å²) in [7, 11) is 0. The zero-order valence-corrected chi connectivity index (χ0v) is 11.5. The number of fused-ring (bicyclic) bond motifs is 2. The molecule has 1 aromatic carbocycles. The average molecular weight is 301 g/mol. The minimum Gasteiger partial charge on any atom is -0.486 e. The maximum absolute atomic E-state index is 12.4. The maximum Gasteiger partial charge on any atom is 0.573 e. The van der Waals surface area contributed by atoms with E-state index in [1.165, 1.54) is 24.6 Å². The Balaban J connectivity index is 1.70. The van der Waals surface area contributed by atoms with E-state index in [1.54, 1.807) is 6.07 Å². The Bertz CT molecular complexity index is 480. The third kappa shape index (κ3) is 3.81. The minimum absolute atomic E-state index is 0.0560. The molecule has 1 aromatic rings. The van der Waals surface area contributed by atoms with Crippen molar-refractivity contribution >= 4 is 0 Å². The number of halogens is 3. The van der Waals surface area contributed by atoms with Crippen molar-refractivity contribution in [2.24, 2.45) is 0 Å². The van der Waals surface area contributed by atoms with Crippen LogP contribution in [0.1, 0.15) is 32.1 Å². The van der Waals surface area contributed by atoms with Crippen LogP contribution >= 0.6 is 0 Å². The Hall–Kier alpha value is -1.43. The van der Waals surface area contributed by atoms with Gasteiger partial charge in [0.05, 0.1) is 0 Å². The molecule has 0 aromatic heterocycles. The Morgan fingerprint density at radius 2 is 1.62 bits per heavy atom. The predicted octanol–water partition coefficient (Wildman–Crippen LogP) is 3.64. The van der Waals surface area contributed by atoms with Gasteiger partial charge in [-0.15, -0.1) is 13.2 Å². The van der Waals surface area contributed by atoms with E-state index in [-0.39, 0.29) is 17.6 Å². The average Bonchev–Trinajstić information content (AvgIpc) is 2.39. The van der Waals surface area contributed by atoms with Crippen LogP contribution in [-0.2, 0) is 0 Å². The molecule has 0 aliphatic carbocycles. The zero-order valence-electron chi connectivity index (χ0n) is 11.5. The van der Waals surface area contributed by atoms with Crippen LogP contribution in [0.5, 0.6) is 11.5 Å². The molecule has 2 aliphatic heterocycles. The van der Waals surface area contributed by atoms with Gasteiger partial charge >= 0.3 is 6.36 Å². The topological polar surface area (TPSA) is 30.5 Å². The van der Waals surface area contributed by atoms with Crippen molar-refractivity contribution in [2.75, 3.05) is 0 Å². The summed E-state index contributed by atoms with van der Waals surface area (Å²) in [5, 5.41) is 3.53. The number of piperidine rings is 2. The molecule has 3 rings (SSSR count). The van der Waals surface area contributed by atoms with Crippen LogP contribution in [0.4, 0.5) is 13.2 Å². The first-order chi connectivity index (χ1) is 9.99. The number of para-hydroxylation sites is 2. The number of benzene rings is 1. The fourth-order valence-corrected chi connectivity index (χ4v) is 3.25. The van der Waals surface area contributed by atoms with Gasteiger partial charge in [0.15, 0.2) is 11.5 Å². The second-order valence-corrected chi connectivity index (χ2v) is 5.70. The molecule has 116 valence electrons. The molecule has 0 amide bonds. The molecule has 21 heavy (non-hydrogen) atoms. The molecule has 2 unspecified atom stereocenters. The van der Waals surface area contributed by atoms with Crippen molar-refractivity contribution in [3.63, 3.8) is 0 Å². The van der Waals surface area contributed by atoms with E-state index in [1.807, 2.05) is 0 Å². The van der Waals surface area contributed by atoms with E-state index < -0.39 is 6.36 Å². The molecule has 2 aliphatic rings. The van der Waals surface area contributed by atoms with Gasteiger partial charge in [-0.25, -0.2) is 0 Å². The molecule has 2 bridgehead atoms. The van der Waals surface area contributed by atoms with Gasteiger partial charge in [-0.1, -0.05) is 18.6 Å². The molecule has 2 atom stereocenters. The quantitative estimate of drug-likeness (QED) is 0.924. The van der Waals surface area contributed by atoms with Gasteiger partial charge in [-0.05, 0) is 37.8 Å². The number of nitrogens with one attached hydrogen (secondary N) is 1. The largest absolute Gasteiger partial charge is 0.573 e. The molecule has 6 heteroatoms. The van der Waals surface area contributed by atoms with Gasteiger partial charge in [0, 0.05) is 12.1 Å². The summed E-state index contributed by atoms with van der Waals surface area (Å²) in [5.74, 6) is -0.103. The minimum atomic E-state index is -4.70. The lowest BCUT2D eigenvalue weighted by Crippen LogP contribution is -2.51. The van der Waals surface area contributed by atoms with Crippen molar-refractivity contribution < 1.29 is 22.6 Å². The Labute approximate surface area is 121 Å². The fourth-order valence-electron chi connectivity index (χ4n) is 3.25. The molecular weight excluding hydrogens is 283 g/mol. The van der Waals surface area contributed by atoms with Gasteiger partial charge in [-0.3, -0.25) is 0 Å². The van der Waals surface area contributed by atoms with E-state index >= 15 is 0 Å². The highest BCUT2D eigenvalue weighted by Gasteiger charge is 2.35. The molecule has 0 spiro atoms. The SMILES string of the molecule is FC(F)(F)Oc1ccccc1OC1CC2CCCC(C1)N2. The van der Waals surface area contributed by atoms with E-state index in [4.69, 9.17) is 4.74 Å². The van der Waals surface area contributed by atoms with Crippen molar-refractivity contribution in [1.29, 1.82) is 0 Å². The highest BCUT2D eigenvalue weighted by Crippen LogP contribution is 2.35. The molecule has 3 nitrogen and oxygen atoms in total. The molecule has 2 saturated heterocycles. The van der Waals surface area contributed by atoms with Crippen LogP contribution in [0.3, 0.4) is 0 Å². The van der Waals surface area contributed by atoms with Gasteiger partial charge in [0.25, 0.3) is 0 Å². The van der Waals surface area contributed by atoms with Gasteiger partial charge < -0.3 is 14.8 Å². The maximum atomic E-state index is 12.4. The zero-order chi connectivity index (χ0) is 14.9. The number of hydrogen-bond acceptors (Lipinski definition) is 3. The third-order valence-electron chi connectivity index (χ3n) is 4.04. The fraction of sp³-hybridized carbons (Fsp3) is 0.600. The summed E-state index contributed by atoms with van der Waals surface area (Å²) in [6.07, 6.45) is 0.328. The highest BCUT2D eigenvalue weighted by atomic mass is 19.4. The monoisotopic (exact) mass is 301 g/mol. The molecule has 0 saturated carbocycles. The number of ether oxygens (including phenoxy) is 2. The van der Waals surface area contributed by atoms with Crippen molar-refractivity contribution in [3.8, 4) is 11.5 Å². The summed E-state index contributed by atoms with van der Waals surface area (Å²) in [4.78, 5) is 0. The summed E-state index contributed by atoms with van der Waals surface area (Å²) in [6, 6.07) is 6.80. The number of rotatable bonds is 3. The molecule has 2 fully saturated rings. The van der Waals surface area contributed by atoms with E-state index in [0.29, 0.717) is 12.1 Å². The summed E-state index contributed by atoms with van der Waals surface area (Å²) < 4.78 is 47.0. The Kier molecular flexibility index (Phi) is 3.97. The second-order valence-electron chi connectivity index (χ2n) is 5.70. The first-order valence-electron chi connectivity index (χ1n) is 7.27. The first kappa shape index (κ1) is 14.5. The van der Waals surface area contributed by atoms with Crippen LogP contribution in [0.25, 0.3) is 0 Å². The summed E-state index contributed by atoms with van der Waals surface area (Å²) in [6.45, 7) is 0. The lowest BCUT2D eigenvalue weighted by Gasteiger charge is -2.40. The van der Waals surface area contributed by atoms with Crippen molar-refractivity contribution in [1.82, 2.24) is 5.32 Å². The van der Waals surface area contributed by atoms with Crippen LogP contribution in [0.15, 0.2) is 24.3 Å². The van der Waals surface area contributed by atoms with Crippen LogP contribution < -0.4 is 14.8 Å². The van der Waals surface area contributed by atoms with Crippen molar-refractivity contribution in [2.45, 2.75) is 56.7 Å². The van der Waals surface area contributed by atoms with Gasteiger partial charge in [0.1, 0.15) is 6.10 Å². The third-order valence-corrected chi connectivity index (χ3v) is 4.04. The highest BCUT2D eigenvalue weighted by molar-refractivity contribution is 5.39. The number of alkyl halides is 3.